The summed E-state index contributed by atoms with van der Waals surface area (Å²) in [5.74, 6) is 5.72. The third kappa shape index (κ3) is 10.4. The van der Waals surface area contributed by atoms with Crippen LogP contribution in [-0.4, -0.2) is 5.97 Å². The fourth-order valence-electron chi connectivity index (χ4n) is 11.9. The van der Waals surface area contributed by atoms with Crippen LogP contribution in [0.2, 0.25) is 0 Å². The van der Waals surface area contributed by atoms with Crippen molar-refractivity contribution < 1.29 is 9.53 Å². The molecular weight excluding hydrogens is 560 g/mol. The van der Waals surface area contributed by atoms with Gasteiger partial charge in [0, 0.05) is 6.42 Å². The molecule has 0 aromatic heterocycles. The minimum Gasteiger partial charge on any atom is -0.435 e. The fourth-order valence-corrected chi connectivity index (χ4v) is 11.9. The van der Waals surface area contributed by atoms with Gasteiger partial charge in [0.2, 0.25) is 0 Å². The van der Waals surface area contributed by atoms with E-state index in [1.54, 1.807) is 6.26 Å². The summed E-state index contributed by atoms with van der Waals surface area (Å²) in [7, 11) is 0. The molecule has 4 rings (SSSR count). The molecule has 0 heterocycles. The van der Waals surface area contributed by atoms with Gasteiger partial charge in [-0.2, -0.15) is 0 Å². The lowest BCUT2D eigenvalue weighted by molar-refractivity contribution is -0.138. The molecular formula is C44H78O2. The molecule has 0 radical (unpaired) electrons. The number of hydrogen-bond donors (Lipinski definition) is 0. The van der Waals surface area contributed by atoms with Gasteiger partial charge in [-0.25, -0.2) is 0 Å². The Labute approximate surface area is 287 Å². The van der Waals surface area contributed by atoms with E-state index in [-0.39, 0.29) is 5.97 Å². The Morgan fingerprint density at radius 3 is 2.00 bits per heavy atom. The quantitative estimate of drug-likeness (QED) is 0.0710. The molecule has 46 heavy (non-hydrogen) atoms. The normalized spacial score (nSPS) is 33.2. The number of ether oxygens (including phenoxy) is 1. The van der Waals surface area contributed by atoms with Gasteiger partial charge in [0.25, 0.3) is 0 Å². The van der Waals surface area contributed by atoms with Crippen LogP contribution in [0, 0.1) is 46.3 Å². The zero-order chi connectivity index (χ0) is 32.8. The highest BCUT2D eigenvalue weighted by Crippen LogP contribution is 2.68. The van der Waals surface area contributed by atoms with Gasteiger partial charge < -0.3 is 4.74 Å². The van der Waals surface area contributed by atoms with E-state index in [0.717, 1.165) is 54.8 Å². The number of carbonyl (C=O) groups excluding carboxylic acids is 1. The maximum atomic E-state index is 12.3. The van der Waals surface area contributed by atoms with Crippen molar-refractivity contribution in [1.82, 2.24) is 0 Å². The lowest BCUT2D eigenvalue weighted by Crippen LogP contribution is -2.53. The van der Waals surface area contributed by atoms with Crippen molar-refractivity contribution >= 4 is 5.97 Å². The number of hydrogen-bond acceptors (Lipinski definition) is 2. The van der Waals surface area contributed by atoms with E-state index in [1.807, 2.05) is 0 Å². The first kappa shape index (κ1) is 38.0. The summed E-state index contributed by atoms with van der Waals surface area (Å²) in [6.07, 6.45) is 39.8. The van der Waals surface area contributed by atoms with E-state index in [1.165, 1.54) is 160 Å². The van der Waals surface area contributed by atoms with Crippen molar-refractivity contribution in [3.05, 3.63) is 11.8 Å². The van der Waals surface area contributed by atoms with Gasteiger partial charge >= 0.3 is 5.97 Å². The molecule has 4 aliphatic carbocycles. The predicted octanol–water partition coefficient (Wildman–Crippen LogP) is 14.2. The first-order valence-electron chi connectivity index (χ1n) is 21.1. The van der Waals surface area contributed by atoms with Crippen molar-refractivity contribution in [3.63, 3.8) is 0 Å². The molecule has 4 aliphatic rings. The maximum Gasteiger partial charge on any atom is 0.310 e. The second-order valence-electron chi connectivity index (χ2n) is 17.8. The summed E-state index contributed by atoms with van der Waals surface area (Å²) in [5.41, 5.74) is 2.47. The first-order valence-corrected chi connectivity index (χ1v) is 21.1. The van der Waals surface area contributed by atoms with Gasteiger partial charge in [0.05, 0.1) is 6.26 Å². The number of fused-ring (bicyclic) bond motifs is 5. The van der Waals surface area contributed by atoms with Crippen LogP contribution in [0.15, 0.2) is 11.8 Å². The lowest BCUT2D eigenvalue weighted by Gasteiger charge is -2.61. The van der Waals surface area contributed by atoms with E-state index in [9.17, 15) is 4.79 Å². The summed E-state index contributed by atoms with van der Waals surface area (Å²) in [4.78, 5) is 12.3. The average Bonchev–Trinajstić information content (AvgIpc) is 3.41. The monoisotopic (exact) mass is 639 g/mol. The molecule has 0 N–H and O–H groups in total. The van der Waals surface area contributed by atoms with Crippen molar-refractivity contribution in [2.24, 2.45) is 46.3 Å². The highest BCUT2D eigenvalue weighted by Gasteiger charge is 2.60. The number of unbranched alkanes of at least 4 members (excludes halogenated alkanes) is 13. The zero-order valence-corrected chi connectivity index (χ0v) is 31.7. The molecule has 0 saturated heterocycles. The van der Waals surface area contributed by atoms with Crippen molar-refractivity contribution in [2.45, 2.75) is 214 Å². The summed E-state index contributed by atoms with van der Waals surface area (Å²) in [5, 5.41) is 0. The molecule has 2 nitrogen and oxygen atoms in total. The first-order chi connectivity index (χ1) is 22.3. The third-order valence-electron chi connectivity index (χ3n) is 14.7. The second kappa shape index (κ2) is 19.4. The Balaban J connectivity index is 1.04. The summed E-state index contributed by atoms with van der Waals surface area (Å²) in [6, 6.07) is 0. The molecule has 1 unspecified atom stereocenters. The average molecular weight is 639 g/mol. The molecule has 8 atom stereocenters. The Bertz CT molecular complexity index is 906. The Morgan fingerprint density at radius 1 is 0.696 bits per heavy atom. The van der Waals surface area contributed by atoms with E-state index in [2.05, 4.69) is 34.6 Å². The van der Waals surface area contributed by atoms with Crippen molar-refractivity contribution in [3.8, 4) is 0 Å². The Hall–Kier alpha value is -0.790. The van der Waals surface area contributed by atoms with Crippen molar-refractivity contribution in [2.75, 3.05) is 0 Å². The van der Waals surface area contributed by atoms with Crippen LogP contribution < -0.4 is 0 Å². The number of carbonyl (C=O) groups is 1. The van der Waals surface area contributed by atoms with Gasteiger partial charge in [-0.1, -0.05) is 130 Å². The second-order valence-corrected chi connectivity index (χ2v) is 17.8. The molecule has 0 aromatic carbocycles. The lowest BCUT2D eigenvalue weighted by atomic mass is 9.44. The van der Waals surface area contributed by atoms with Gasteiger partial charge in [-0.15, -0.1) is 0 Å². The number of rotatable bonds is 21. The molecule has 0 aliphatic heterocycles. The predicted molar refractivity (Wildman–Crippen MR) is 198 cm³/mol. The van der Waals surface area contributed by atoms with Gasteiger partial charge in [-0.3, -0.25) is 4.79 Å². The SMILES string of the molecule is CCCCCCCCCCCCCCCCC(=O)OC=C(C)CCC[C@@H](C)[C@H]1CC[C@H]2[C@@H]3CCC4CCCC[C@]4(C)[C@H]3CC[C@]12C. The molecule has 0 aromatic rings. The van der Waals surface area contributed by atoms with Crippen LogP contribution in [0.25, 0.3) is 0 Å². The highest BCUT2D eigenvalue weighted by molar-refractivity contribution is 5.69. The third-order valence-corrected chi connectivity index (χ3v) is 14.7. The molecule has 0 amide bonds. The van der Waals surface area contributed by atoms with Crippen LogP contribution in [0.4, 0.5) is 0 Å². The molecule has 2 heteroatoms. The smallest absolute Gasteiger partial charge is 0.310 e. The highest BCUT2D eigenvalue weighted by atomic mass is 16.5. The standard InChI is InChI=1S/C44H78O2/c1-6-7-8-9-10-11-12-13-14-15-16-17-18-19-26-42(45)46-34-35(2)23-22-24-36(3)39-29-30-40-38-28-27-37-25-20-21-32-43(37,4)41(38)31-33-44(39,40)5/h34,36-41H,6-33H2,1-5H3/t36-,37?,38+,39-,40+,41+,43+,44-/m1/s1. The van der Waals surface area contributed by atoms with E-state index < -0.39 is 0 Å². The molecule has 0 bridgehead atoms. The molecule has 266 valence electrons. The Morgan fingerprint density at radius 2 is 1.33 bits per heavy atom. The molecule has 4 saturated carbocycles. The Kier molecular flexibility index (Phi) is 16.0. The van der Waals surface area contributed by atoms with Gasteiger partial charge in [0.15, 0.2) is 0 Å². The van der Waals surface area contributed by atoms with Crippen LogP contribution in [0.3, 0.4) is 0 Å². The molecule has 4 fully saturated rings. The zero-order valence-electron chi connectivity index (χ0n) is 31.7. The van der Waals surface area contributed by atoms with Crippen molar-refractivity contribution in [1.29, 1.82) is 0 Å². The largest absolute Gasteiger partial charge is 0.435 e. The topological polar surface area (TPSA) is 26.3 Å². The van der Waals surface area contributed by atoms with E-state index >= 15 is 0 Å². The summed E-state index contributed by atoms with van der Waals surface area (Å²) in [6.45, 7) is 12.5. The van der Waals surface area contributed by atoms with Gasteiger partial charge in [-0.05, 0) is 129 Å². The minimum atomic E-state index is -0.0386. The minimum absolute atomic E-state index is 0.0386. The summed E-state index contributed by atoms with van der Waals surface area (Å²) >= 11 is 0. The van der Waals surface area contributed by atoms with Crippen LogP contribution in [0.1, 0.15) is 214 Å². The number of esters is 1. The van der Waals surface area contributed by atoms with E-state index in [0.29, 0.717) is 17.3 Å². The van der Waals surface area contributed by atoms with Crippen LogP contribution in [0.5, 0.6) is 0 Å². The summed E-state index contributed by atoms with van der Waals surface area (Å²) < 4.78 is 5.56. The number of allylic oxidation sites excluding steroid dienone is 1. The fraction of sp³-hybridized carbons (Fsp3) is 0.932. The van der Waals surface area contributed by atoms with E-state index in [4.69, 9.17) is 4.74 Å². The maximum absolute atomic E-state index is 12.3. The molecule has 0 spiro atoms. The van der Waals surface area contributed by atoms with Gasteiger partial charge in [0.1, 0.15) is 0 Å². The van der Waals surface area contributed by atoms with Crippen LogP contribution >= 0.6 is 0 Å². The van der Waals surface area contributed by atoms with Crippen LogP contribution in [-0.2, 0) is 9.53 Å².